The Hall–Kier alpha value is -2.40. The summed E-state index contributed by atoms with van der Waals surface area (Å²) in [4.78, 5) is 10.7. The average molecular weight is 286 g/mol. The molecule has 0 aliphatic heterocycles. The highest BCUT2D eigenvalue weighted by atomic mass is 16.6. The molecule has 2 N–H and O–H groups in total. The number of benzene rings is 2. The molecule has 5 nitrogen and oxygen atoms in total. The van der Waals surface area contributed by atoms with Gasteiger partial charge in [-0.3, -0.25) is 10.1 Å². The van der Waals surface area contributed by atoms with Crippen LogP contribution in [0.2, 0.25) is 0 Å². The van der Waals surface area contributed by atoms with Crippen molar-refractivity contribution >= 4 is 5.69 Å². The van der Waals surface area contributed by atoms with Crippen molar-refractivity contribution in [3.05, 3.63) is 63.7 Å². The predicted octanol–water partition coefficient (Wildman–Crippen LogP) is 4.11. The van der Waals surface area contributed by atoms with Gasteiger partial charge in [-0.1, -0.05) is 31.2 Å². The number of nitro groups is 1. The van der Waals surface area contributed by atoms with E-state index in [0.717, 1.165) is 12.0 Å². The highest BCUT2D eigenvalue weighted by Crippen LogP contribution is 2.34. The van der Waals surface area contributed by atoms with E-state index in [1.165, 1.54) is 0 Å². The van der Waals surface area contributed by atoms with Gasteiger partial charge in [0, 0.05) is 11.6 Å². The van der Waals surface area contributed by atoms with E-state index in [1.54, 1.807) is 31.2 Å². The van der Waals surface area contributed by atoms with Crippen molar-refractivity contribution in [2.24, 2.45) is 5.73 Å². The van der Waals surface area contributed by atoms with Crippen LogP contribution >= 0.6 is 0 Å². The SMILES string of the molecule is CCC(N)c1cccc(Oc2cccc(C)c2[N+](=O)[O-])c1. The quantitative estimate of drug-likeness (QED) is 0.662. The van der Waals surface area contributed by atoms with Crippen LogP contribution in [0.25, 0.3) is 0 Å². The van der Waals surface area contributed by atoms with Crippen molar-refractivity contribution in [3.63, 3.8) is 0 Å². The fourth-order valence-corrected chi connectivity index (χ4v) is 2.12. The molecule has 0 saturated carbocycles. The summed E-state index contributed by atoms with van der Waals surface area (Å²) < 4.78 is 5.69. The zero-order valence-corrected chi connectivity index (χ0v) is 12.1. The van der Waals surface area contributed by atoms with E-state index in [9.17, 15) is 10.1 Å². The minimum absolute atomic E-state index is 0.0114. The third-order valence-electron chi connectivity index (χ3n) is 3.34. The minimum atomic E-state index is -0.424. The largest absolute Gasteiger partial charge is 0.450 e. The van der Waals surface area contributed by atoms with Gasteiger partial charge in [0.25, 0.3) is 0 Å². The van der Waals surface area contributed by atoms with Gasteiger partial charge in [-0.05, 0) is 37.1 Å². The summed E-state index contributed by atoms with van der Waals surface area (Å²) in [6.07, 6.45) is 0.814. The van der Waals surface area contributed by atoms with Crippen molar-refractivity contribution in [2.75, 3.05) is 0 Å². The monoisotopic (exact) mass is 286 g/mol. The predicted molar refractivity (Wildman–Crippen MR) is 81.6 cm³/mol. The number of rotatable bonds is 5. The molecule has 1 unspecified atom stereocenters. The molecule has 2 rings (SSSR count). The van der Waals surface area contributed by atoms with Crippen molar-refractivity contribution in [1.29, 1.82) is 0 Å². The van der Waals surface area contributed by atoms with Crippen LogP contribution < -0.4 is 10.5 Å². The number of hydrogen-bond acceptors (Lipinski definition) is 4. The second-order valence-electron chi connectivity index (χ2n) is 4.87. The lowest BCUT2D eigenvalue weighted by Gasteiger charge is -2.12. The highest BCUT2D eigenvalue weighted by molar-refractivity contribution is 5.53. The molecule has 2 aromatic carbocycles. The standard InChI is InChI=1S/C16H18N2O3/c1-3-14(17)12-7-5-8-13(10-12)21-15-9-4-6-11(2)16(15)18(19)20/h4-10,14H,3,17H2,1-2H3. The number of para-hydroxylation sites is 1. The van der Waals surface area contributed by atoms with Crippen molar-refractivity contribution in [2.45, 2.75) is 26.3 Å². The molecule has 0 radical (unpaired) electrons. The maximum Gasteiger partial charge on any atom is 0.314 e. The molecule has 0 aliphatic rings. The van der Waals surface area contributed by atoms with E-state index >= 15 is 0 Å². The number of ether oxygens (including phenoxy) is 1. The van der Waals surface area contributed by atoms with Gasteiger partial charge >= 0.3 is 5.69 Å². The van der Waals surface area contributed by atoms with E-state index in [1.807, 2.05) is 25.1 Å². The average Bonchev–Trinajstić information content (AvgIpc) is 2.46. The van der Waals surface area contributed by atoms with Gasteiger partial charge in [0.1, 0.15) is 5.75 Å². The van der Waals surface area contributed by atoms with Crippen LogP contribution in [-0.4, -0.2) is 4.92 Å². The summed E-state index contributed by atoms with van der Waals surface area (Å²) in [6, 6.07) is 12.3. The molecule has 0 fully saturated rings. The van der Waals surface area contributed by atoms with Crippen LogP contribution in [0.3, 0.4) is 0 Å². The fourth-order valence-electron chi connectivity index (χ4n) is 2.12. The third-order valence-corrected chi connectivity index (χ3v) is 3.34. The Morgan fingerprint density at radius 2 is 2.00 bits per heavy atom. The van der Waals surface area contributed by atoms with Crippen molar-refractivity contribution in [1.82, 2.24) is 0 Å². The first-order valence-corrected chi connectivity index (χ1v) is 6.80. The van der Waals surface area contributed by atoms with Gasteiger partial charge in [0.15, 0.2) is 0 Å². The summed E-state index contributed by atoms with van der Waals surface area (Å²) in [5.41, 5.74) is 7.50. The van der Waals surface area contributed by atoms with Gasteiger partial charge in [-0.2, -0.15) is 0 Å². The number of nitrogens with two attached hydrogens (primary N) is 1. The molecule has 5 heteroatoms. The zero-order valence-electron chi connectivity index (χ0n) is 12.1. The number of nitrogens with zero attached hydrogens (tertiary/aromatic N) is 1. The molecule has 0 spiro atoms. The second-order valence-corrected chi connectivity index (χ2v) is 4.87. The Balaban J connectivity index is 2.35. The lowest BCUT2D eigenvalue weighted by molar-refractivity contribution is -0.386. The summed E-state index contributed by atoms with van der Waals surface area (Å²) in [5, 5.41) is 11.2. The number of aryl methyl sites for hydroxylation is 1. The highest BCUT2D eigenvalue weighted by Gasteiger charge is 2.18. The van der Waals surface area contributed by atoms with E-state index in [-0.39, 0.29) is 17.5 Å². The molecule has 2 aromatic rings. The lowest BCUT2D eigenvalue weighted by atomic mass is 10.1. The first-order valence-electron chi connectivity index (χ1n) is 6.80. The van der Waals surface area contributed by atoms with Crippen LogP contribution in [0, 0.1) is 17.0 Å². The van der Waals surface area contributed by atoms with Crippen molar-refractivity contribution < 1.29 is 9.66 Å². The van der Waals surface area contributed by atoms with Gasteiger partial charge in [-0.15, -0.1) is 0 Å². The second kappa shape index (κ2) is 6.37. The Morgan fingerprint density at radius 1 is 1.29 bits per heavy atom. The third kappa shape index (κ3) is 3.38. The number of hydrogen-bond donors (Lipinski definition) is 1. The molecule has 0 heterocycles. The molecule has 0 saturated heterocycles. The van der Waals surface area contributed by atoms with Crippen molar-refractivity contribution in [3.8, 4) is 11.5 Å². The van der Waals surface area contributed by atoms with E-state index < -0.39 is 4.92 Å². The molecule has 0 aromatic heterocycles. The first kappa shape index (κ1) is 15.0. The van der Waals surface area contributed by atoms with Crippen LogP contribution in [-0.2, 0) is 0 Å². The van der Waals surface area contributed by atoms with E-state index in [2.05, 4.69) is 0 Å². The van der Waals surface area contributed by atoms with Crippen LogP contribution in [0.4, 0.5) is 5.69 Å². The molecule has 0 aliphatic carbocycles. The Labute approximate surface area is 123 Å². The topological polar surface area (TPSA) is 78.4 Å². The maximum atomic E-state index is 11.2. The number of nitro benzene ring substituents is 1. The molecule has 1 atom stereocenters. The summed E-state index contributed by atoms with van der Waals surface area (Å²) in [7, 11) is 0. The Morgan fingerprint density at radius 3 is 2.67 bits per heavy atom. The molecule has 0 amide bonds. The van der Waals surface area contributed by atoms with Gasteiger partial charge in [-0.25, -0.2) is 0 Å². The summed E-state index contributed by atoms with van der Waals surface area (Å²) in [6.45, 7) is 3.69. The molecule has 21 heavy (non-hydrogen) atoms. The normalized spacial score (nSPS) is 12.0. The van der Waals surface area contributed by atoms with Gasteiger partial charge in [0.2, 0.25) is 5.75 Å². The molecular weight excluding hydrogens is 268 g/mol. The first-order chi connectivity index (χ1) is 10.0. The summed E-state index contributed by atoms with van der Waals surface area (Å²) >= 11 is 0. The van der Waals surface area contributed by atoms with E-state index in [4.69, 9.17) is 10.5 Å². The van der Waals surface area contributed by atoms with E-state index in [0.29, 0.717) is 11.3 Å². The minimum Gasteiger partial charge on any atom is -0.450 e. The molecular formula is C16H18N2O3. The maximum absolute atomic E-state index is 11.2. The Bertz CT molecular complexity index is 656. The molecule has 110 valence electrons. The lowest BCUT2D eigenvalue weighted by Crippen LogP contribution is -2.08. The van der Waals surface area contributed by atoms with Gasteiger partial charge < -0.3 is 10.5 Å². The summed E-state index contributed by atoms with van der Waals surface area (Å²) in [5.74, 6) is 0.785. The van der Waals surface area contributed by atoms with Crippen LogP contribution in [0.5, 0.6) is 11.5 Å². The molecule has 0 bridgehead atoms. The van der Waals surface area contributed by atoms with Crippen LogP contribution in [0.15, 0.2) is 42.5 Å². The zero-order chi connectivity index (χ0) is 15.4. The fraction of sp³-hybridized carbons (Fsp3) is 0.250. The van der Waals surface area contributed by atoms with Gasteiger partial charge in [0.05, 0.1) is 4.92 Å². The Kier molecular flexibility index (Phi) is 4.55. The van der Waals surface area contributed by atoms with Crippen LogP contribution in [0.1, 0.15) is 30.5 Å². The smallest absolute Gasteiger partial charge is 0.314 e.